The molecule has 0 N–H and O–H groups in total. The maximum Gasteiger partial charge on any atom is 0.326 e. The zero-order valence-electron chi connectivity index (χ0n) is 14.6. The number of hydrogen-bond acceptors (Lipinski definition) is 6. The van der Waals surface area contributed by atoms with E-state index < -0.39 is 38.0 Å². The summed E-state index contributed by atoms with van der Waals surface area (Å²) in [6.07, 6.45) is 0. The van der Waals surface area contributed by atoms with Crippen LogP contribution in [0.4, 0.5) is 11.4 Å². The molecule has 8 nitrogen and oxygen atoms in total. The third-order valence-electron chi connectivity index (χ3n) is 3.65. The van der Waals surface area contributed by atoms with Crippen LogP contribution >= 0.6 is 11.6 Å². The number of anilines is 1. The van der Waals surface area contributed by atoms with Crippen molar-refractivity contribution >= 4 is 39.0 Å². The van der Waals surface area contributed by atoms with Gasteiger partial charge in [-0.1, -0.05) is 29.8 Å². The molecule has 0 aliphatic heterocycles. The zero-order chi connectivity index (χ0) is 20.2. The van der Waals surface area contributed by atoms with Gasteiger partial charge in [0.15, 0.2) is 4.90 Å². The number of nitro benzene ring substituents is 1. The first-order valence-electron chi connectivity index (χ1n) is 7.86. The largest absolute Gasteiger partial charge is 0.465 e. The van der Waals surface area contributed by atoms with Crippen LogP contribution in [0.25, 0.3) is 0 Å². The molecule has 144 valence electrons. The third kappa shape index (κ3) is 4.55. The number of halogens is 1. The Morgan fingerprint density at radius 2 is 1.93 bits per heavy atom. The van der Waals surface area contributed by atoms with Crippen LogP contribution in [0, 0.1) is 17.0 Å². The van der Waals surface area contributed by atoms with Crippen molar-refractivity contribution in [1.29, 1.82) is 0 Å². The van der Waals surface area contributed by atoms with E-state index in [-0.39, 0.29) is 17.3 Å². The van der Waals surface area contributed by atoms with Gasteiger partial charge in [0, 0.05) is 11.1 Å². The van der Waals surface area contributed by atoms with Gasteiger partial charge in [0.25, 0.3) is 15.7 Å². The number of carbonyl (C=O) groups excluding carboxylic acids is 1. The molecular formula is C17H17ClN2O6S. The van der Waals surface area contributed by atoms with E-state index in [0.717, 1.165) is 16.4 Å². The van der Waals surface area contributed by atoms with Crippen LogP contribution in [0.1, 0.15) is 12.5 Å². The first-order chi connectivity index (χ1) is 12.7. The highest BCUT2D eigenvalue weighted by atomic mass is 35.5. The van der Waals surface area contributed by atoms with Crippen LogP contribution in [0.15, 0.2) is 47.4 Å². The van der Waals surface area contributed by atoms with Crippen molar-refractivity contribution in [3.63, 3.8) is 0 Å². The standard InChI is InChI=1S/C17H17ClN2O6S/c1-3-26-17(21)11-19(15-10-13(18)9-8-12(15)2)27(24,25)16-7-5-4-6-14(16)20(22)23/h4-10H,3,11H2,1-2H3. The Kier molecular flexibility index (Phi) is 6.40. The van der Waals surface area contributed by atoms with Gasteiger partial charge in [-0.05, 0) is 37.6 Å². The van der Waals surface area contributed by atoms with E-state index in [1.54, 1.807) is 26.0 Å². The van der Waals surface area contributed by atoms with Crippen molar-refractivity contribution in [1.82, 2.24) is 0 Å². The van der Waals surface area contributed by atoms with Gasteiger partial charge in [0.2, 0.25) is 0 Å². The lowest BCUT2D eigenvalue weighted by Crippen LogP contribution is -2.37. The van der Waals surface area contributed by atoms with Gasteiger partial charge in [-0.2, -0.15) is 0 Å². The van der Waals surface area contributed by atoms with Gasteiger partial charge in [-0.3, -0.25) is 19.2 Å². The van der Waals surface area contributed by atoms with Gasteiger partial charge < -0.3 is 4.74 Å². The average molecular weight is 413 g/mol. The van der Waals surface area contributed by atoms with E-state index in [1.165, 1.54) is 18.2 Å². The summed E-state index contributed by atoms with van der Waals surface area (Å²) in [6, 6.07) is 9.46. The molecule has 0 radical (unpaired) electrons. The Hall–Kier alpha value is -2.65. The topological polar surface area (TPSA) is 107 Å². The Bertz CT molecular complexity index is 977. The third-order valence-corrected chi connectivity index (χ3v) is 5.69. The maximum atomic E-state index is 13.2. The Morgan fingerprint density at radius 3 is 2.56 bits per heavy atom. The summed E-state index contributed by atoms with van der Waals surface area (Å²) in [7, 11) is -4.45. The molecule has 0 aromatic heterocycles. The van der Waals surface area contributed by atoms with Gasteiger partial charge in [-0.15, -0.1) is 0 Å². The number of benzene rings is 2. The van der Waals surface area contributed by atoms with E-state index in [1.807, 2.05) is 0 Å². The summed E-state index contributed by atoms with van der Waals surface area (Å²) in [5, 5.41) is 11.5. The second kappa shape index (κ2) is 8.36. The quantitative estimate of drug-likeness (QED) is 0.392. The summed E-state index contributed by atoms with van der Waals surface area (Å²) >= 11 is 5.99. The fourth-order valence-corrected chi connectivity index (χ4v) is 4.21. The summed E-state index contributed by atoms with van der Waals surface area (Å²) in [5.74, 6) is -0.793. The number of nitro groups is 1. The molecule has 0 aliphatic carbocycles. The number of sulfonamides is 1. The van der Waals surface area contributed by atoms with Crippen molar-refractivity contribution in [3.8, 4) is 0 Å². The molecule has 0 saturated carbocycles. The van der Waals surface area contributed by atoms with E-state index in [2.05, 4.69) is 0 Å². The number of carbonyl (C=O) groups is 1. The normalized spacial score (nSPS) is 11.1. The van der Waals surface area contributed by atoms with Crippen molar-refractivity contribution < 1.29 is 22.9 Å². The fourth-order valence-electron chi connectivity index (χ4n) is 2.42. The highest BCUT2D eigenvalue weighted by molar-refractivity contribution is 7.93. The van der Waals surface area contributed by atoms with Gasteiger partial charge >= 0.3 is 5.97 Å². The molecule has 0 unspecified atom stereocenters. The summed E-state index contributed by atoms with van der Waals surface area (Å²) < 4.78 is 32.1. The Labute approximate surface area is 161 Å². The minimum absolute atomic E-state index is 0.0622. The molecule has 0 heterocycles. The number of ether oxygens (including phenoxy) is 1. The molecule has 0 fully saturated rings. The van der Waals surface area contributed by atoms with Crippen LogP contribution in [0.3, 0.4) is 0 Å². The Balaban J connectivity index is 2.67. The van der Waals surface area contributed by atoms with E-state index in [9.17, 15) is 23.3 Å². The fraction of sp³-hybridized carbons (Fsp3) is 0.235. The number of nitrogens with zero attached hydrogens (tertiary/aromatic N) is 2. The van der Waals surface area contributed by atoms with E-state index in [4.69, 9.17) is 16.3 Å². The predicted octanol–water partition coefficient (Wildman–Crippen LogP) is 3.32. The SMILES string of the molecule is CCOC(=O)CN(c1cc(Cl)ccc1C)S(=O)(=O)c1ccccc1[N+](=O)[O-]. The van der Waals surface area contributed by atoms with Crippen molar-refractivity contribution in [3.05, 3.63) is 63.2 Å². The second-order valence-electron chi connectivity index (χ2n) is 5.47. The number of esters is 1. The number of rotatable bonds is 7. The summed E-state index contributed by atoms with van der Waals surface area (Å²) in [6.45, 7) is 2.64. The number of aryl methyl sites for hydroxylation is 1. The maximum absolute atomic E-state index is 13.2. The lowest BCUT2D eigenvalue weighted by Gasteiger charge is -2.25. The minimum atomic E-state index is -4.45. The second-order valence-corrected chi connectivity index (χ2v) is 7.74. The summed E-state index contributed by atoms with van der Waals surface area (Å²) in [4.78, 5) is 22.0. The van der Waals surface area contributed by atoms with Crippen molar-refractivity contribution in [2.75, 3.05) is 17.5 Å². The lowest BCUT2D eigenvalue weighted by molar-refractivity contribution is -0.387. The molecule has 0 atom stereocenters. The minimum Gasteiger partial charge on any atom is -0.465 e. The van der Waals surface area contributed by atoms with E-state index in [0.29, 0.717) is 5.56 Å². The Morgan fingerprint density at radius 1 is 1.26 bits per heavy atom. The van der Waals surface area contributed by atoms with Crippen LogP contribution in [0.5, 0.6) is 0 Å². The van der Waals surface area contributed by atoms with Crippen LogP contribution in [-0.2, 0) is 19.6 Å². The van der Waals surface area contributed by atoms with Gasteiger partial charge in [-0.25, -0.2) is 8.42 Å². The molecule has 27 heavy (non-hydrogen) atoms. The highest BCUT2D eigenvalue weighted by Crippen LogP contribution is 2.32. The first kappa shape index (κ1) is 20.7. The summed E-state index contributed by atoms with van der Waals surface area (Å²) in [5.41, 5.74) is 0.0607. The number of para-hydroxylation sites is 1. The molecule has 0 aliphatic rings. The molecule has 0 saturated heterocycles. The molecule has 2 aromatic rings. The van der Waals surface area contributed by atoms with Crippen LogP contribution < -0.4 is 4.31 Å². The monoisotopic (exact) mass is 412 g/mol. The molecule has 0 amide bonds. The molecule has 2 rings (SSSR count). The van der Waals surface area contributed by atoms with Crippen molar-refractivity contribution in [2.24, 2.45) is 0 Å². The van der Waals surface area contributed by atoms with Crippen LogP contribution in [-0.4, -0.2) is 32.5 Å². The lowest BCUT2D eigenvalue weighted by atomic mass is 10.2. The zero-order valence-corrected chi connectivity index (χ0v) is 16.2. The molecule has 0 spiro atoms. The molecular weight excluding hydrogens is 396 g/mol. The smallest absolute Gasteiger partial charge is 0.326 e. The number of hydrogen-bond donors (Lipinski definition) is 0. The first-order valence-corrected chi connectivity index (χ1v) is 9.68. The van der Waals surface area contributed by atoms with Crippen LogP contribution in [0.2, 0.25) is 5.02 Å². The predicted molar refractivity (Wildman–Crippen MR) is 100 cm³/mol. The highest BCUT2D eigenvalue weighted by Gasteiger charge is 2.34. The van der Waals surface area contributed by atoms with Crippen molar-refractivity contribution in [2.45, 2.75) is 18.7 Å². The van der Waals surface area contributed by atoms with Gasteiger partial charge in [0.1, 0.15) is 6.54 Å². The average Bonchev–Trinajstić information content (AvgIpc) is 2.62. The molecule has 0 bridgehead atoms. The molecule has 2 aromatic carbocycles. The van der Waals surface area contributed by atoms with E-state index >= 15 is 0 Å². The van der Waals surface area contributed by atoms with Gasteiger partial charge in [0.05, 0.1) is 17.2 Å². The molecule has 10 heteroatoms.